The number of guanidine groups is 1. The fourth-order valence-corrected chi connectivity index (χ4v) is 2.60. The van der Waals surface area contributed by atoms with Gasteiger partial charge in [0.15, 0.2) is 17.3 Å². The lowest BCUT2D eigenvalue weighted by Crippen LogP contribution is -2.37. The van der Waals surface area contributed by atoms with Gasteiger partial charge in [0.25, 0.3) is 5.91 Å². The van der Waals surface area contributed by atoms with Gasteiger partial charge in [0.05, 0.1) is 28.9 Å². The smallest absolute Gasteiger partial charge is 0.309 e. The number of aryl methyl sites for hydroxylation is 1. The third-order valence-corrected chi connectivity index (χ3v) is 3.95. The van der Waals surface area contributed by atoms with Crippen LogP contribution in [-0.4, -0.2) is 43.4 Å². The second-order valence-corrected chi connectivity index (χ2v) is 7.98. The number of nitrogens with zero attached hydrogens (tertiary/aromatic N) is 5. The van der Waals surface area contributed by atoms with Gasteiger partial charge in [-0.2, -0.15) is 23.4 Å². The highest BCUT2D eigenvalue weighted by molar-refractivity contribution is 6.11. The van der Waals surface area contributed by atoms with Crippen molar-refractivity contribution in [2.75, 3.05) is 11.9 Å². The van der Waals surface area contributed by atoms with Gasteiger partial charge in [-0.15, -0.1) is 0 Å². The van der Waals surface area contributed by atoms with Crippen molar-refractivity contribution in [3.05, 3.63) is 35.7 Å². The summed E-state index contributed by atoms with van der Waals surface area (Å²) >= 11 is 0. The monoisotopic (exact) mass is 440 g/mol. The first-order valence-electron chi connectivity index (χ1n) is 9.06. The first-order chi connectivity index (χ1) is 14.3. The van der Waals surface area contributed by atoms with Crippen molar-refractivity contribution in [2.24, 2.45) is 17.5 Å². The lowest BCUT2D eigenvalue weighted by atomic mass is 9.97. The molecule has 3 N–H and O–H groups in total. The topological polar surface area (TPSA) is 113 Å². The minimum atomic E-state index is -4.82. The zero-order chi connectivity index (χ0) is 23.0. The molecule has 0 aromatic carbocycles. The average Bonchev–Trinajstić information content (AvgIpc) is 3.23. The number of alkyl halides is 3. The minimum absolute atomic E-state index is 0.00918. The molecule has 0 atom stereocenters. The predicted octanol–water partition coefficient (Wildman–Crippen LogP) is 3.09. The van der Waals surface area contributed by atoms with Gasteiger partial charge in [-0.25, -0.2) is 4.39 Å². The molecular weight excluding hydrogens is 420 g/mol. The number of anilines is 1. The number of aromatic nitrogens is 5. The van der Waals surface area contributed by atoms with E-state index >= 15 is 0 Å². The third-order valence-electron chi connectivity index (χ3n) is 3.95. The van der Waals surface area contributed by atoms with Crippen molar-refractivity contribution in [2.45, 2.75) is 26.9 Å². The molecule has 31 heavy (non-hydrogen) atoms. The number of carbonyl (C=O) groups excluding carboxylic acids is 1. The summed E-state index contributed by atoms with van der Waals surface area (Å²) in [5.74, 6) is -1.96. The Labute approximate surface area is 173 Å². The van der Waals surface area contributed by atoms with Crippen LogP contribution in [0.5, 0.6) is 0 Å². The van der Waals surface area contributed by atoms with Crippen molar-refractivity contribution in [1.82, 2.24) is 30.3 Å². The lowest BCUT2D eigenvalue weighted by molar-refractivity contribution is -0.141. The summed E-state index contributed by atoms with van der Waals surface area (Å²) in [5.41, 5.74) is -2.02. The molecule has 3 aromatic rings. The molecule has 0 fully saturated rings. The summed E-state index contributed by atoms with van der Waals surface area (Å²) in [7, 11) is 1.27. The summed E-state index contributed by atoms with van der Waals surface area (Å²) in [4.78, 5) is 20.6. The summed E-state index contributed by atoms with van der Waals surface area (Å²) in [6.07, 6.45) is -1.53. The Balaban J connectivity index is 1.94. The Kier molecular flexibility index (Phi) is 5.70. The largest absolute Gasteiger partial charge is 0.435 e. The molecule has 0 aliphatic heterocycles. The van der Waals surface area contributed by atoms with Crippen molar-refractivity contribution in [1.29, 1.82) is 0 Å². The number of aromatic amines is 1. The lowest BCUT2D eigenvalue weighted by Gasteiger charge is -2.17. The Bertz CT molecular complexity index is 1140. The van der Waals surface area contributed by atoms with Gasteiger partial charge in [-0.3, -0.25) is 29.9 Å². The van der Waals surface area contributed by atoms with E-state index in [4.69, 9.17) is 0 Å². The second kappa shape index (κ2) is 7.96. The van der Waals surface area contributed by atoms with Crippen LogP contribution < -0.4 is 10.6 Å². The maximum atomic E-state index is 14.2. The first kappa shape index (κ1) is 22.2. The number of hydrogen-bond acceptors (Lipinski definition) is 5. The van der Waals surface area contributed by atoms with E-state index in [1.807, 2.05) is 20.8 Å². The number of nitrogens with one attached hydrogen (secondary N) is 3. The van der Waals surface area contributed by atoms with Gasteiger partial charge in [0, 0.05) is 19.8 Å². The number of fused-ring (bicyclic) bond motifs is 1. The summed E-state index contributed by atoms with van der Waals surface area (Å²) in [5, 5.41) is 14.9. The summed E-state index contributed by atoms with van der Waals surface area (Å²) in [6.45, 7) is 5.86. The molecule has 3 aromatic heterocycles. The van der Waals surface area contributed by atoms with Gasteiger partial charge < -0.3 is 5.32 Å². The molecule has 1 amide bonds. The van der Waals surface area contributed by atoms with Gasteiger partial charge >= 0.3 is 6.18 Å². The van der Waals surface area contributed by atoms with Crippen LogP contribution >= 0.6 is 0 Å². The molecule has 3 rings (SSSR count). The number of pyridine rings is 1. The Hall–Kier alpha value is -3.51. The number of carbonyl (C=O) groups is 1. The van der Waals surface area contributed by atoms with Crippen LogP contribution in [0.15, 0.2) is 23.6 Å². The first-order valence-corrected chi connectivity index (χ1v) is 9.06. The highest BCUT2D eigenvalue weighted by Gasteiger charge is 2.39. The number of halogens is 4. The van der Waals surface area contributed by atoms with E-state index in [0.29, 0.717) is 0 Å². The quantitative estimate of drug-likeness (QED) is 0.329. The molecule has 0 bridgehead atoms. The molecule has 0 saturated carbocycles. The van der Waals surface area contributed by atoms with Crippen LogP contribution in [-0.2, 0) is 13.2 Å². The fourth-order valence-electron chi connectivity index (χ4n) is 2.60. The molecule has 0 unspecified atom stereocenters. The fraction of sp³-hybridized carbons (Fsp3) is 0.389. The van der Waals surface area contributed by atoms with Crippen molar-refractivity contribution >= 4 is 28.6 Å². The molecule has 13 heteroatoms. The van der Waals surface area contributed by atoms with Gasteiger partial charge in [-0.1, -0.05) is 20.8 Å². The van der Waals surface area contributed by atoms with Gasteiger partial charge in [-0.05, 0) is 5.41 Å². The zero-order valence-electron chi connectivity index (χ0n) is 17.1. The molecule has 0 aliphatic carbocycles. The number of rotatable bonds is 3. The highest BCUT2D eigenvalue weighted by Crippen LogP contribution is 2.30. The minimum Gasteiger partial charge on any atom is -0.309 e. The van der Waals surface area contributed by atoms with Gasteiger partial charge in [0.2, 0.25) is 5.96 Å². The normalized spacial score (nSPS) is 13.0. The Morgan fingerprint density at radius 2 is 1.97 bits per heavy atom. The van der Waals surface area contributed by atoms with Crippen LogP contribution in [0.2, 0.25) is 0 Å². The van der Waals surface area contributed by atoms with Crippen LogP contribution in [0.4, 0.5) is 23.4 Å². The highest BCUT2D eigenvalue weighted by atomic mass is 19.4. The molecule has 0 aliphatic rings. The molecule has 0 saturated heterocycles. The predicted molar refractivity (Wildman–Crippen MR) is 105 cm³/mol. The summed E-state index contributed by atoms with van der Waals surface area (Å²) in [6, 6.07) is 0. The van der Waals surface area contributed by atoms with E-state index in [0.717, 1.165) is 17.1 Å². The molecule has 3 heterocycles. The van der Waals surface area contributed by atoms with Gasteiger partial charge in [0.1, 0.15) is 0 Å². The van der Waals surface area contributed by atoms with Crippen molar-refractivity contribution in [3.8, 4) is 0 Å². The Morgan fingerprint density at radius 3 is 2.61 bits per heavy atom. The molecule has 0 radical (unpaired) electrons. The van der Waals surface area contributed by atoms with E-state index in [-0.39, 0.29) is 34.6 Å². The third kappa shape index (κ3) is 5.16. The van der Waals surface area contributed by atoms with E-state index in [1.165, 1.54) is 13.2 Å². The van der Waals surface area contributed by atoms with E-state index in [9.17, 15) is 22.4 Å². The molecular formula is C18H20F4N8O. The molecule has 166 valence electrons. The number of H-pyrrole nitrogens is 1. The molecule has 0 spiro atoms. The van der Waals surface area contributed by atoms with E-state index in [1.54, 1.807) is 0 Å². The maximum absolute atomic E-state index is 14.2. The zero-order valence-corrected chi connectivity index (χ0v) is 17.1. The van der Waals surface area contributed by atoms with Crippen LogP contribution in [0.1, 0.15) is 36.8 Å². The standard InChI is InChI=1S/C18H20F4N8O/c1-17(2,3)8-24-16(25-14-12-10(19)5-23-6-11(12)27-28-14)26-15(31)9-7-30(4)29-13(9)18(20,21)22/h5-7H,8H2,1-4H3,(H3,24,25,26,27,28,31). The van der Waals surface area contributed by atoms with Crippen LogP contribution in [0.3, 0.4) is 0 Å². The average molecular weight is 440 g/mol. The van der Waals surface area contributed by atoms with Crippen LogP contribution in [0.25, 0.3) is 10.9 Å². The van der Waals surface area contributed by atoms with Crippen molar-refractivity contribution in [3.63, 3.8) is 0 Å². The van der Waals surface area contributed by atoms with E-state index < -0.39 is 29.2 Å². The van der Waals surface area contributed by atoms with Crippen LogP contribution in [0, 0.1) is 11.2 Å². The number of hydrogen-bond donors (Lipinski definition) is 3. The second-order valence-electron chi connectivity index (χ2n) is 7.98. The molecule has 9 nitrogen and oxygen atoms in total. The van der Waals surface area contributed by atoms with Crippen molar-refractivity contribution < 1.29 is 22.4 Å². The van der Waals surface area contributed by atoms with E-state index in [2.05, 4.69) is 35.9 Å². The summed E-state index contributed by atoms with van der Waals surface area (Å²) < 4.78 is 54.8. The number of amides is 1. The number of aliphatic imine (C=N–C) groups is 1. The maximum Gasteiger partial charge on any atom is 0.435 e. The Morgan fingerprint density at radius 1 is 1.26 bits per heavy atom. The SMILES string of the molecule is Cn1cc(C(=O)NC(=NCC(C)(C)C)Nc2n[nH]c3cncc(F)c23)c(C(F)(F)F)n1.